The number of fused-ring (bicyclic) bond motifs is 5. The third kappa shape index (κ3) is 3.75. The fourth-order valence-electron chi connectivity index (χ4n) is 8.26. The molecule has 2 N–H and O–H groups in total. The van der Waals surface area contributed by atoms with Crippen LogP contribution in [0.2, 0.25) is 0 Å². The lowest BCUT2D eigenvalue weighted by molar-refractivity contribution is -0.0562. The molecule has 0 radical (unpaired) electrons. The zero-order chi connectivity index (χ0) is 21.0. The van der Waals surface area contributed by atoms with Crippen molar-refractivity contribution in [3.63, 3.8) is 0 Å². The van der Waals surface area contributed by atoms with Gasteiger partial charge in [0.1, 0.15) is 0 Å². The van der Waals surface area contributed by atoms with Gasteiger partial charge in [0.25, 0.3) is 0 Å². The molecule has 0 heterocycles. The predicted octanol–water partition coefficient (Wildman–Crippen LogP) is 6.36. The van der Waals surface area contributed by atoms with E-state index in [2.05, 4.69) is 40.7 Å². The Morgan fingerprint density at radius 1 is 1.03 bits per heavy atom. The molecule has 9 atom stereocenters. The lowest BCUT2D eigenvalue weighted by atomic mass is 9.47. The smallest absolute Gasteiger partial charge is 0.0577 e. The maximum atomic E-state index is 10.9. The number of rotatable bonds is 5. The molecular formula is C27H46O2. The Labute approximate surface area is 179 Å². The molecule has 29 heavy (non-hydrogen) atoms. The first-order chi connectivity index (χ1) is 13.6. The van der Waals surface area contributed by atoms with E-state index in [0.717, 1.165) is 43.4 Å². The molecule has 4 aliphatic carbocycles. The molecule has 0 spiro atoms. The lowest BCUT2D eigenvalue weighted by Gasteiger charge is -2.58. The minimum Gasteiger partial charge on any atom is -0.393 e. The molecule has 2 heteroatoms. The Morgan fingerprint density at radius 2 is 1.79 bits per heavy atom. The zero-order valence-corrected chi connectivity index (χ0v) is 19.7. The summed E-state index contributed by atoms with van der Waals surface area (Å²) >= 11 is 0. The zero-order valence-electron chi connectivity index (χ0n) is 19.7. The van der Waals surface area contributed by atoms with Gasteiger partial charge in [0.2, 0.25) is 0 Å². The molecule has 0 aromatic carbocycles. The van der Waals surface area contributed by atoms with Crippen LogP contribution in [0.25, 0.3) is 0 Å². The van der Waals surface area contributed by atoms with Crippen LogP contribution < -0.4 is 0 Å². The van der Waals surface area contributed by atoms with Crippen molar-refractivity contribution in [3.05, 3.63) is 11.6 Å². The predicted molar refractivity (Wildman–Crippen MR) is 120 cm³/mol. The van der Waals surface area contributed by atoms with Crippen LogP contribution >= 0.6 is 0 Å². The van der Waals surface area contributed by atoms with Gasteiger partial charge in [-0.2, -0.15) is 0 Å². The van der Waals surface area contributed by atoms with Crippen LogP contribution in [-0.4, -0.2) is 22.4 Å². The standard InChI is InChI=1S/C27H46O2/c1-17(2)18(3)14-22(29)16-20-7-9-24-23-8-6-19-15-21(28)10-12-26(19,4)25(23)11-13-27(20,24)5/h6,17-18,20-25,28-29H,7-16H2,1-5H3/t18?,20-,21?,22?,23?,24?,25?,26?,27?/m1/s1. The molecule has 3 fully saturated rings. The van der Waals surface area contributed by atoms with Crippen LogP contribution in [0.5, 0.6) is 0 Å². The van der Waals surface area contributed by atoms with E-state index in [1.807, 2.05) is 0 Å². The van der Waals surface area contributed by atoms with Gasteiger partial charge in [-0.05, 0) is 111 Å². The molecule has 4 rings (SSSR count). The Morgan fingerprint density at radius 3 is 2.52 bits per heavy atom. The van der Waals surface area contributed by atoms with E-state index in [1.54, 1.807) is 5.57 Å². The summed E-state index contributed by atoms with van der Waals surface area (Å²) in [5, 5.41) is 21.1. The third-order valence-corrected chi connectivity index (χ3v) is 10.6. The highest BCUT2D eigenvalue weighted by molar-refractivity contribution is 5.25. The van der Waals surface area contributed by atoms with Crippen molar-refractivity contribution in [3.8, 4) is 0 Å². The van der Waals surface area contributed by atoms with Crippen molar-refractivity contribution < 1.29 is 10.2 Å². The van der Waals surface area contributed by atoms with Crippen molar-refractivity contribution in [1.29, 1.82) is 0 Å². The normalized spacial score (nSPS) is 46.5. The van der Waals surface area contributed by atoms with Gasteiger partial charge in [-0.25, -0.2) is 0 Å². The maximum absolute atomic E-state index is 10.9. The minimum absolute atomic E-state index is 0.106. The average Bonchev–Trinajstić information content (AvgIpc) is 2.98. The molecule has 2 nitrogen and oxygen atoms in total. The number of aliphatic hydroxyl groups is 2. The van der Waals surface area contributed by atoms with E-state index in [0.29, 0.717) is 28.6 Å². The quantitative estimate of drug-likeness (QED) is 0.525. The van der Waals surface area contributed by atoms with Gasteiger partial charge in [0, 0.05) is 0 Å². The summed E-state index contributed by atoms with van der Waals surface area (Å²) < 4.78 is 0. The van der Waals surface area contributed by atoms with Crippen LogP contribution in [0.15, 0.2) is 11.6 Å². The molecule has 166 valence electrons. The Bertz CT molecular complexity index is 624. The summed E-state index contributed by atoms with van der Waals surface area (Å²) in [4.78, 5) is 0. The highest BCUT2D eigenvalue weighted by Gasteiger charge is 2.58. The van der Waals surface area contributed by atoms with E-state index in [1.165, 1.54) is 38.5 Å². The molecule has 0 bridgehead atoms. The van der Waals surface area contributed by atoms with Crippen molar-refractivity contribution in [2.24, 2.45) is 46.3 Å². The summed E-state index contributed by atoms with van der Waals surface area (Å²) in [6.07, 6.45) is 14.0. The van der Waals surface area contributed by atoms with Crippen molar-refractivity contribution in [1.82, 2.24) is 0 Å². The number of hydrogen-bond acceptors (Lipinski definition) is 2. The molecule has 0 amide bonds. The van der Waals surface area contributed by atoms with Crippen LogP contribution in [0, 0.1) is 46.3 Å². The largest absolute Gasteiger partial charge is 0.393 e. The summed E-state index contributed by atoms with van der Waals surface area (Å²) in [6, 6.07) is 0. The van der Waals surface area contributed by atoms with E-state index in [9.17, 15) is 10.2 Å². The minimum atomic E-state index is -0.124. The van der Waals surface area contributed by atoms with Gasteiger partial charge in [0.05, 0.1) is 12.2 Å². The Hall–Kier alpha value is -0.340. The second-order valence-corrected chi connectivity index (χ2v) is 12.3. The van der Waals surface area contributed by atoms with Crippen molar-refractivity contribution >= 4 is 0 Å². The SMILES string of the molecule is CC(C)C(C)CC(O)C[C@H]1CCC2C3CC=C4CC(O)CCC4(C)C3CCC21C. The summed E-state index contributed by atoms with van der Waals surface area (Å²) in [5.41, 5.74) is 2.35. The molecular weight excluding hydrogens is 356 g/mol. The van der Waals surface area contributed by atoms with E-state index in [-0.39, 0.29) is 12.2 Å². The fourth-order valence-corrected chi connectivity index (χ4v) is 8.26. The first-order valence-corrected chi connectivity index (χ1v) is 12.7. The Balaban J connectivity index is 1.47. The van der Waals surface area contributed by atoms with Crippen LogP contribution in [-0.2, 0) is 0 Å². The van der Waals surface area contributed by atoms with Crippen molar-refractivity contribution in [2.75, 3.05) is 0 Å². The molecule has 8 unspecified atom stereocenters. The number of hydrogen-bond donors (Lipinski definition) is 2. The summed E-state index contributed by atoms with van der Waals surface area (Å²) in [7, 11) is 0. The van der Waals surface area contributed by atoms with Crippen LogP contribution in [0.1, 0.15) is 98.8 Å². The van der Waals surface area contributed by atoms with Gasteiger partial charge in [-0.3, -0.25) is 0 Å². The Kier molecular flexibility index (Phi) is 6.01. The van der Waals surface area contributed by atoms with Crippen molar-refractivity contribution in [2.45, 2.75) is 111 Å². The lowest BCUT2D eigenvalue weighted by Crippen LogP contribution is -2.50. The first kappa shape index (κ1) is 21.9. The maximum Gasteiger partial charge on any atom is 0.0577 e. The van der Waals surface area contributed by atoms with Gasteiger partial charge in [-0.15, -0.1) is 0 Å². The van der Waals surface area contributed by atoms with Gasteiger partial charge >= 0.3 is 0 Å². The number of aliphatic hydroxyl groups excluding tert-OH is 2. The summed E-state index contributed by atoms with van der Waals surface area (Å²) in [6.45, 7) is 12.0. The highest BCUT2D eigenvalue weighted by atomic mass is 16.3. The fraction of sp³-hybridized carbons (Fsp3) is 0.926. The molecule has 0 aliphatic heterocycles. The third-order valence-electron chi connectivity index (χ3n) is 10.6. The van der Waals surface area contributed by atoms with E-state index >= 15 is 0 Å². The second-order valence-electron chi connectivity index (χ2n) is 12.3. The highest BCUT2D eigenvalue weighted by Crippen LogP contribution is 2.66. The monoisotopic (exact) mass is 402 g/mol. The topological polar surface area (TPSA) is 40.5 Å². The molecule has 0 saturated heterocycles. The second kappa shape index (κ2) is 7.97. The van der Waals surface area contributed by atoms with Gasteiger partial charge in [0.15, 0.2) is 0 Å². The molecule has 4 aliphatic rings. The molecule has 0 aromatic heterocycles. The number of allylic oxidation sites excluding steroid dienone is 1. The molecule has 0 aromatic rings. The average molecular weight is 403 g/mol. The van der Waals surface area contributed by atoms with E-state index in [4.69, 9.17) is 0 Å². The molecule has 3 saturated carbocycles. The van der Waals surface area contributed by atoms with Gasteiger partial charge < -0.3 is 10.2 Å². The summed E-state index contributed by atoms with van der Waals surface area (Å²) in [5.74, 6) is 4.45. The van der Waals surface area contributed by atoms with E-state index < -0.39 is 0 Å². The van der Waals surface area contributed by atoms with Crippen LogP contribution in [0.3, 0.4) is 0 Å². The first-order valence-electron chi connectivity index (χ1n) is 12.7. The van der Waals surface area contributed by atoms with Crippen LogP contribution in [0.4, 0.5) is 0 Å². The van der Waals surface area contributed by atoms with Gasteiger partial charge in [-0.1, -0.05) is 46.3 Å².